The van der Waals surface area contributed by atoms with Crippen molar-refractivity contribution in [1.82, 2.24) is 19.9 Å². The first kappa shape index (κ1) is 24.7. The minimum atomic E-state index is 0.929. The van der Waals surface area contributed by atoms with E-state index in [0.717, 1.165) is 32.3 Å². The van der Waals surface area contributed by atoms with Gasteiger partial charge in [-0.3, -0.25) is 19.9 Å². The zero-order chi connectivity index (χ0) is 27.9. The number of pyridine rings is 2. The van der Waals surface area contributed by atoms with E-state index in [2.05, 4.69) is 112 Å². The van der Waals surface area contributed by atoms with E-state index in [0.29, 0.717) is 0 Å². The fourth-order valence-corrected chi connectivity index (χ4v) is 6.92. The molecule has 0 unspecified atom stereocenters. The van der Waals surface area contributed by atoms with E-state index in [1.54, 1.807) is 22.7 Å². The second-order valence-corrected chi connectivity index (χ2v) is 11.8. The van der Waals surface area contributed by atoms with Gasteiger partial charge in [0.25, 0.3) is 0 Å². The van der Waals surface area contributed by atoms with E-state index in [4.69, 9.17) is 4.98 Å². The SMILES string of the molecule is c1ccc(-c2ccc3c(-c4ccnc(-c5cncs5)c4)c4ccccc4c(-c4ccnc(-c5cncs5)c4)c3c2)cc1. The van der Waals surface area contributed by atoms with E-state index >= 15 is 0 Å². The summed E-state index contributed by atoms with van der Waals surface area (Å²) >= 11 is 3.21. The molecule has 0 atom stereocenters. The topological polar surface area (TPSA) is 51.6 Å². The van der Waals surface area contributed by atoms with Crippen LogP contribution in [0, 0.1) is 0 Å². The third kappa shape index (κ3) is 4.29. The highest BCUT2D eigenvalue weighted by Crippen LogP contribution is 2.45. The first-order valence-electron chi connectivity index (χ1n) is 13.6. The van der Waals surface area contributed by atoms with Crippen LogP contribution in [-0.4, -0.2) is 19.9 Å². The van der Waals surface area contributed by atoms with Gasteiger partial charge >= 0.3 is 0 Å². The minimum Gasteiger partial charge on any atom is -0.255 e. The van der Waals surface area contributed by atoms with Crippen LogP contribution in [-0.2, 0) is 0 Å². The van der Waals surface area contributed by atoms with Crippen LogP contribution in [0.4, 0.5) is 0 Å². The number of hydrogen-bond acceptors (Lipinski definition) is 6. The van der Waals surface area contributed by atoms with E-state index in [-0.39, 0.29) is 0 Å². The summed E-state index contributed by atoms with van der Waals surface area (Å²) in [5.74, 6) is 0. The Bertz CT molecular complexity index is 2190. The number of rotatable bonds is 5. The molecule has 4 aromatic carbocycles. The van der Waals surface area contributed by atoms with Crippen molar-refractivity contribution in [2.24, 2.45) is 0 Å². The van der Waals surface area contributed by atoms with Gasteiger partial charge in [-0.2, -0.15) is 0 Å². The van der Waals surface area contributed by atoms with E-state index < -0.39 is 0 Å². The maximum Gasteiger partial charge on any atom is 0.0824 e. The number of hydrogen-bond donors (Lipinski definition) is 0. The van der Waals surface area contributed by atoms with E-state index in [1.165, 1.54) is 43.8 Å². The van der Waals surface area contributed by atoms with Crippen LogP contribution in [0.25, 0.3) is 76.1 Å². The molecule has 4 aromatic heterocycles. The Hall–Kier alpha value is -5.04. The van der Waals surface area contributed by atoms with Crippen molar-refractivity contribution in [3.63, 3.8) is 0 Å². The van der Waals surface area contributed by atoms with E-state index in [1.807, 2.05) is 35.8 Å². The molecule has 0 bridgehead atoms. The van der Waals surface area contributed by atoms with Crippen LogP contribution >= 0.6 is 22.7 Å². The highest BCUT2D eigenvalue weighted by molar-refractivity contribution is 7.13. The van der Waals surface area contributed by atoms with Crippen molar-refractivity contribution in [1.29, 1.82) is 0 Å². The van der Waals surface area contributed by atoms with Crippen molar-refractivity contribution in [3.8, 4) is 54.5 Å². The fourth-order valence-electron chi connectivity index (χ4n) is 5.74. The Morgan fingerprint density at radius 3 is 1.55 bits per heavy atom. The molecule has 8 aromatic rings. The highest BCUT2D eigenvalue weighted by Gasteiger charge is 2.19. The number of fused-ring (bicyclic) bond motifs is 2. The molecule has 0 aliphatic heterocycles. The molecule has 198 valence electrons. The second kappa shape index (κ2) is 10.4. The molecule has 0 aliphatic rings. The lowest BCUT2D eigenvalue weighted by Gasteiger charge is -2.19. The van der Waals surface area contributed by atoms with Crippen LogP contribution in [0.3, 0.4) is 0 Å². The molecule has 4 heterocycles. The molecule has 0 spiro atoms. The van der Waals surface area contributed by atoms with Gasteiger partial charge in [0.1, 0.15) is 0 Å². The second-order valence-electron chi connectivity index (χ2n) is 10.0. The monoisotopic (exact) mass is 574 g/mol. The summed E-state index contributed by atoms with van der Waals surface area (Å²) in [5, 5.41) is 4.79. The van der Waals surface area contributed by atoms with Gasteiger partial charge in [-0.1, -0.05) is 66.7 Å². The van der Waals surface area contributed by atoms with Gasteiger partial charge in [-0.25, -0.2) is 0 Å². The summed E-state index contributed by atoms with van der Waals surface area (Å²) in [4.78, 5) is 20.0. The summed E-state index contributed by atoms with van der Waals surface area (Å²) in [6.07, 6.45) is 7.58. The minimum absolute atomic E-state index is 0.929. The van der Waals surface area contributed by atoms with Gasteiger partial charge in [0.15, 0.2) is 0 Å². The lowest BCUT2D eigenvalue weighted by molar-refractivity contribution is 1.33. The average Bonchev–Trinajstić information content (AvgIpc) is 3.80. The zero-order valence-electron chi connectivity index (χ0n) is 22.3. The predicted octanol–water partition coefficient (Wildman–Crippen LogP) is 10.0. The van der Waals surface area contributed by atoms with Gasteiger partial charge in [0, 0.05) is 24.8 Å². The number of benzene rings is 4. The largest absolute Gasteiger partial charge is 0.255 e. The summed E-state index contributed by atoms with van der Waals surface area (Å²) in [6.45, 7) is 0. The van der Waals surface area contributed by atoms with Crippen LogP contribution in [0.15, 0.2) is 133 Å². The van der Waals surface area contributed by atoms with Crippen molar-refractivity contribution < 1.29 is 0 Å². The van der Waals surface area contributed by atoms with Crippen LogP contribution in [0.1, 0.15) is 0 Å². The smallest absolute Gasteiger partial charge is 0.0824 e. The Labute approximate surface area is 250 Å². The molecular weight excluding hydrogens is 553 g/mol. The zero-order valence-corrected chi connectivity index (χ0v) is 23.9. The molecule has 0 saturated heterocycles. The van der Waals surface area contributed by atoms with Gasteiger partial charge in [0.2, 0.25) is 0 Å². The standard InChI is InChI=1S/C36H22N4S2/c1-2-6-23(7-3-1)24-10-11-29-30(16-24)36(26-13-15-40-32(18-26)34-20-38-22-42-34)28-9-5-4-8-27(28)35(29)25-12-14-39-31(17-25)33-19-37-21-41-33/h1-22H. The summed E-state index contributed by atoms with van der Waals surface area (Å²) in [6, 6.07) is 34.8. The summed E-state index contributed by atoms with van der Waals surface area (Å²) in [7, 11) is 0. The fraction of sp³-hybridized carbons (Fsp3) is 0. The predicted molar refractivity (Wildman–Crippen MR) is 176 cm³/mol. The molecule has 4 nitrogen and oxygen atoms in total. The Balaban J connectivity index is 1.47. The van der Waals surface area contributed by atoms with Crippen LogP contribution < -0.4 is 0 Å². The third-order valence-corrected chi connectivity index (χ3v) is 9.19. The van der Waals surface area contributed by atoms with Crippen molar-refractivity contribution in [2.75, 3.05) is 0 Å². The molecule has 0 saturated carbocycles. The van der Waals surface area contributed by atoms with E-state index in [9.17, 15) is 0 Å². The maximum atomic E-state index is 4.69. The number of nitrogens with zero attached hydrogens (tertiary/aromatic N) is 4. The maximum absolute atomic E-state index is 4.69. The van der Waals surface area contributed by atoms with Crippen molar-refractivity contribution in [2.45, 2.75) is 0 Å². The van der Waals surface area contributed by atoms with Gasteiger partial charge in [-0.05, 0) is 85.3 Å². The normalized spacial score (nSPS) is 11.3. The molecule has 0 N–H and O–H groups in total. The van der Waals surface area contributed by atoms with Gasteiger partial charge < -0.3 is 0 Å². The van der Waals surface area contributed by atoms with Crippen LogP contribution in [0.2, 0.25) is 0 Å². The van der Waals surface area contributed by atoms with Crippen LogP contribution in [0.5, 0.6) is 0 Å². The molecule has 0 aliphatic carbocycles. The molecule has 42 heavy (non-hydrogen) atoms. The summed E-state index contributed by atoms with van der Waals surface area (Å²) in [5.41, 5.74) is 12.6. The molecule has 0 amide bonds. The molecule has 0 fully saturated rings. The average molecular weight is 575 g/mol. The lowest BCUT2D eigenvalue weighted by atomic mass is 9.85. The van der Waals surface area contributed by atoms with Crippen molar-refractivity contribution in [3.05, 3.63) is 133 Å². The highest BCUT2D eigenvalue weighted by atomic mass is 32.1. The molecule has 0 radical (unpaired) electrons. The molecule has 6 heteroatoms. The third-order valence-electron chi connectivity index (χ3n) is 7.60. The summed E-state index contributed by atoms with van der Waals surface area (Å²) < 4.78 is 0. The lowest BCUT2D eigenvalue weighted by Crippen LogP contribution is -1.93. The Morgan fingerprint density at radius 2 is 0.976 bits per heavy atom. The van der Waals surface area contributed by atoms with Gasteiger partial charge in [-0.15, -0.1) is 22.7 Å². The van der Waals surface area contributed by atoms with Gasteiger partial charge in [0.05, 0.1) is 32.2 Å². The number of aromatic nitrogens is 4. The molecule has 8 rings (SSSR count). The first-order valence-corrected chi connectivity index (χ1v) is 15.3. The Kier molecular flexibility index (Phi) is 6.13. The van der Waals surface area contributed by atoms with Crippen molar-refractivity contribution >= 4 is 44.2 Å². The number of thiazole rings is 2. The quantitative estimate of drug-likeness (QED) is 0.192. The Morgan fingerprint density at radius 1 is 0.429 bits per heavy atom. The first-order chi connectivity index (χ1) is 20.8. The molecular formula is C36H22N4S2.